The minimum atomic E-state index is -2.85. The van der Waals surface area contributed by atoms with Crippen LogP contribution in [0.3, 0.4) is 0 Å². The van der Waals surface area contributed by atoms with Gasteiger partial charge in [-0.05, 0) is 30.7 Å². The first-order valence-corrected chi connectivity index (χ1v) is 8.50. The molecule has 0 aliphatic heterocycles. The molecule has 0 fully saturated rings. The number of hydrogen-bond acceptors (Lipinski definition) is 3. The maximum Gasteiger partial charge on any atom is 0.150 e. The smallest absolute Gasteiger partial charge is 0.150 e. The van der Waals surface area contributed by atoms with E-state index in [4.69, 9.17) is 0 Å². The summed E-state index contributed by atoms with van der Waals surface area (Å²) in [5.74, 6) is 1.13. The second kappa shape index (κ2) is 7.37. The zero-order valence-electron chi connectivity index (χ0n) is 12.0. The van der Waals surface area contributed by atoms with Gasteiger partial charge in [-0.25, -0.2) is 8.42 Å². The Labute approximate surface area is 107 Å². The highest BCUT2D eigenvalue weighted by molar-refractivity contribution is 7.91. The summed E-state index contributed by atoms with van der Waals surface area (Å²) in [5.41, 5.74) is 0.0663. The van der Waals surface area contributed by atoms with Crippen LogP contribution in [0.15, 0.2) is 0 Å². The quantitative estimate of drug-likeness (QED) is 0.695. The fraction of sp³-hybridized carbons (Fsp3) is 1.00. The highest BCUT2D eigenvalue weighted by Crippen LogP contribution is 2.30. The molecule has 1 unspecified atom stereocenters. The van der Waals surface area contributed by atoms with Gasteiger partial charge in [0, 0.05) is 12.3 Å². The van der Waals surface area contributed by atoms with Crippen molar-refractivity contribution in [2.45, 2.75) is 47.5 Å². The molecular formula is C13H29NO2S. The summed E-state index contributed by atoms with van der Waals surface area (Å²) in [6.45, 7) is 12.3. The molecule has 0 aromatic heterocycles. The van der Waals surface area contributed by atoms with E-state index in [1.807, 2.05) is 6.92 Å². The molecule has 0 aromatic carbocycles. The van der Waals surface area contributed by atoms with Gasteiger partial charge in [0.2, 0.25) is 0 Å². The number of rotatable bonds is 9. The first-order chi connectivity index (χ1) is 7.77. The van der Waals surface area contributed by atoms with Crippen molar-refractivity contribution < 1.29 is 8.42 Å². The van der Waals surface area contributed by atoms with Crippen LogP contribution in [0.2, 0.25) is 0 Å². The lowest BCUT2D eigenvalue weighted by molar-refractivity contribution is 0.203. The SMILES string of the molecule is CCCS(=O)(=O)CCC(C)(CNCC)C(C)C. The molecule has 0 bridgehead atoms. The van der Waals surface area contributed by atoms with Crippen LogP contribution in [0.4, 0.5) is 0 Å². The molecule has 0 aliphatic carbocycles. The van der Waals surface area contributed by atoms with Crippen molar-refractivity contribution in [3.63, 3.8) is 0 Å². The van der Waals surface area contributed by atoms with E-state index < -0.39 is 9.84 Å². The number of nitrogens with one attached hydrogen (secondary N) is 1. The Morgan fingerprint density at radius 2 is 1.76 bits per heavy atom. The molecule has 0 saturated carbocycles. The highest BCUT2D eigenvalue weighted by Gasteiger charge is 2.29. The third-order valence-electron chi connectivity index (χ3n) is 3.67. The van der Waals surface area contributed by atoms with E-state index in [1.165, 1.54) is 0 Å². The van der Waals surface area contributed by atoms with E-state index >= 15 is 0 Å². The Bertz CT molecular complexity index is 299. The Kier molecular flexibility index (Phi) is 7.33. The molecule has 0 amide bonds. The highest BCUT2D eigenvalue weighted by atomic mass is 32.2. The standard InChI is InChI=1S/C13H29NO2S/c1-6-9-17(15,16)10-8-13(5,12(3)4)11-14-7-2/h12,14H,6-11H2,1-5H3. The summed E-state index contributed by atoms with van der Waals surface area (Å²) in [4.78, 5) is 0. The van der Waals surface area contributed by atoms with Gasteiger partial charge in [0.05, 0.1) is 5.75 Å². The predicted molar refractivity (Wildman–Crippen MR) is 75.1 cm³/mol. The Morgan fingerprint density at radius 3 is 2.18 bits per heavy atom. The first kappa shape index (κ1) is 16.9. The Balaban J connectivity index is 4.46. The van der Waals surface area contributed by atoms with Crippen molar-refractivity contribution in [2.75, 3.05) is 24.6 Å². The van der Waals surface area contributed by atoms with E-state index in [1.54, 1.807) is 0 Å². The zero-order valence-corrected chi connectivity index (χ0v) is 12.9. The van der Waals surface area contributed by atoms with Gasteiger partial charge in [-0.1, -0.05) is 34.6 Å². The first-order valence-electron chi connectivity index (χ1n) is 6.68. The van der Waals surface area contributed by atoms with E-state index in [-0.39, 0.29) is 5.41 Å². The van der Waals surface area contributed by atoms with Gasteiger partial charge in [0.25, 0.3) is 0 Å². The average molecular weight is 263 g/mol. The van der Waals surface area contributed by atoms with Crippen molar-refractivity contribution in [2.24, 2.45) is 11.3 Å². The monoisotopic (exact) mass is 263 g/mol. The second-order valence-corrected chi connectivity index (χ2v) is 7.79. The summed E-state index contributed by atoms with van der Waals surface area (Å²) in [6, 6.07) is 0. The third-order valence-corrected chi connectivity index (χ3v) is 5.53. The predicted octanol–water partition coefficient (Wildman–Crippen LogP) is 2.47. The van der Waals surface area contributed by atoms with Gasteiger partial charge in [-0.2, -0.15) is 0 Å². The lowest BCUT2D eigenvalue weighted by Gasteiger charge is -2.34. The average Bonchev–Trinajstić information content (AvgIpc) is 2.23. The molecule has 0 aromatic rings. The summed E-state index contributed by atoms with van der Waals surface area (Å²) < 4.78 is 23.5. The molecule has 1 atom stereocenters. The molecule has 0 aliphatic rings. The molecule has 104 valence electrons. The zero-order chi connectivity index (χ0) is 13.5. The molecule has 0 radical (unpaired) electrons. The van der Waals surface area contributed by atoms with Crippen LogP contribution in [-0.4, -0.2) is 33.0 Å². The maximum absolute atomic E-state index is 11.8. The van der Waals surface area contributed by atoms with E-state index in [0.29, 0.717) is 23.8 Å². The number of hydrogen-bond donors (Lipinski definition) is 1. The largest absolute Gasteiger partial charge is 0.316 e. The van der Waals surface area contributed by atoms with Crippen LogP contribution in [0.5, 0.6) is 0 Å². The van der Waals surface area contributed by atoms with Crippen molar-refractivity contribution in [3.05, 3.63) is 0 Å². The minimum Gasteiger partial charge on any atom is -0.316 e. The van der Waals surface area contributed by atoms with Gasteiger partial charge >= 0.3 is 0 Å². The number of sulfone groups is 1. The summed E-state index contributed by atoms with van der Waals surface area (Å²) >= 11 is 0. The van der Waals surface area contributed by atoms with Crippen LogP contribution in [0, 0.1) is 11.3 Å². The Morgan fingerprint density at radius 1 is 1.18 bits per heavy atom. The molecule has 3 nitrogen and oxygen atoms in total. The van der Waals surface area contributed by atoms with Crippen molar-refractivity contribution >= 4 is 9.84 Å². The normalized spacial score (nSPS) is 16.1. The minimum absolute atomic E-state index is 0.0663. The van der Waals surface area contributed by atoms with E-state index in [9.17, 15) is 8.42 Å². The molecule has 17 heavy (non-hydrogen) atoms. The molecule has 0 heterocycles. The molecule has 0 spiro atoms. The van der Waals surface area contributed by atoms with Crippen LogP contribution in [0.25, 0.3) is 0 Å². The summed E-state index contributed by atoms with van der Waals surface area (Å²) in [5, 5.41) is 3.34. The van der Waals surface area contributed by atoms with Crippen LogP contribution >= 0.6 is 0 Å². The lowest BCUT2D eigenvalue weighted by Crippen LogP contribution is -2.37. The Hall–Kier alpha value is -0.0900. The van der Waals surface area contributed by atoms with Gasteiger partial charge in [0.15, 0.2) is 0 Å². The van der Waals surface area contributed by atoms with Crippen molar-refractivity contribution in [3.8, 4) is 0 Å². The maximum atomic E-state index is 11.8. The van der Waals surface area contributed by atoms with Gasteiger partial charge in [-0.15, -0.1) is 0 Å². The fourth-order valence-electron chi connectivity index (χ4n) is 1.79. The van der Waals surface area contributed by atoms with E-state index in [0.717, 1.165) is 19.5 Å². The fourth-order valence-corrected chi connectivity index (χ4v) is 3.40. The van der Waals surface area contributed by atoms with E-state index in [2.05, 4.69) is 33.0 Å². The molecule has 4 heteroatoms. The molecule has 1 N–H and O–H groups in total. The molecule has 0 rings (SSSR count). The van der Waals surface area contributed by atoms with Crippen LogP contribution in [-0.2, 0) is 9.84 Å². The van der Waals surface area contributed by atoms with Gasteiger partial charge < -0.3 is 5.32 Å². The lowest BCUT2D eigenvalue weighted by atomic mass is 9.77. The summed E-state index contributed by atoms with van der Waals surface area (Å²) in [7, 11) is -2.85. The van der Waals surface area contributed by atoms with Crippen LogP contribution in [0.1, 0.15) is 47.5 Å². The molecular weight excluding hydrogens is 234 g/mol. The summed E-state index contributed by atoms with van der Waals surface area (Å²) in [6.07, 6.45) is 1.47. The molecule has 0 saturated heterocycles. The second-order valence-electron chi connectivity index (χ2n) is 5.49. The van der Waals surface area contributed by atoms with Crippen LogP contribution < -0.4 is 5.32 Å². The topological polar surface area (TPSA) is 46.2 Å². The van der Waals surface area contributed by atoms with Gasteiger partial charge in [-0.3, -0.25) is 0 Å². The van der Waals surface area contributed by atoms with Crippen molar-refractivity contribution in [1.29, 1.82) is 0 Å². The van der Waals surface area contributed by atoms with Gasteiger partial charge in [0.1, 0.15) is 9.84 Å². The third kappa shape index (κ3) is 6.41. The van der Waals surface area contributed by atoms with Crippen molar-refractivity contribution in [1.82, 2.24) is 5.32 Å².